The summed E-state index contributed by atoms with van der Waals surface area (Å²) >= 11 is 0. The summed E-state index contributed by atoms with van der Waals surface area (Å²) in [7, 11) is 1.84. The monoisotopic (exact) mass is 302 g/mol. The minimum atomic E-state index is 0.0104. The maximum absolute atomic E-state index is 12.4. The number of nitrogens with zero attached hydrogens (tertiary/aromatic N) is 6. The molecule has 1 amide bonds. The summed E-state index contributed by atoms with van der Waals surface area (Å²) in [5, 5.41) is 8.45. The molecule has 0 aromatic carbocycles. The third-order valence-corrected chi connectivity index (χ3v) is 4.20. The Bertz CT molecular complexity index is 638. The molecule has 1 saturated heterocycles. The molecule has 0 saturated carbocycles. The number of imidazole rings is 1. The van der Waals surface area contributed by atoms with Crippen LogP contribution in [0.15, 0.2) is 18.6 Å². The van der Waals surface area contributed by atoms with Gasteiger partial charge >= 0.3 is 0 Å². The van der Waals surface area contributed by atoms with E-state index < -0.39 is 0 Å². The first-order valence-electron chi connectivity index (χ1n) is 7.86. The highest BCUT2D eigenvalue weighted by Gasteiger charge is 2.26. The Labute approximate surface area is 129 Å². The Morgan fingerprint density at radius 1 is 1.36 bits per heavy atom. The van der Waals surface area contributed by atoms with Crippen LogP contribution in [0, 0.1) is 0 Å². The molecule has 0 atom stereocenters. The zero-order chi connectivity index (χ0) is 15.5. The van der Waals surface area contributed by atoms with Crippen molar-refractivity contribution in [3.63, 3.8) is 0 Å². The fraction of sp³-hybridized carbons (Fsp3) is 0.600. The maximum Gasteiger partial charge on any atom is 0.289 e. The van der Waals surface area contributed by atoms with Crippen molar-refractivity contribution in [1.29, 1.82) is 0 Å². The normalized spacial score (nSPS) is 16.2. The third kappa shape index (κ3) is 2.88. The van der Waals surface area contributed by atoms with Crippen molar-refractivity contribution in [3.05, 3.63) is 30.1 Å². The zero-order valence-electron chi connectivity index (χ0n) is 13.1. The molecule has 3 heterocycles. The van der Waals surface area contributed by atoms with Crippen LogP contribution in [-0.4, -0.2) is 48.4 Å². The number of aryl methyl sites for hydroxylation is 2. The van der Waals surface area contributed by atoms with Crippen molar-refractivity contribution in [3.8, 4) is 0 Å². The number of likely N-dealkylation sites (tertiary alicyclic amines) is 1. The molecule has 1 aliphatic rings. The summed E-state index contributed by atoms with van der Waals surface area (Å²) in [6.07, 6.45) is 9.36. The molecular weight excluding hydrogens is 280 g/mol. The first-order valence-corrected chi connectivity index (χ1v) is 7.86. The van der Waals surface area contributed by atoms with E-state index >= 15 is 0 Å². The number of aromatic nitrogens is 5. The number of carbonyl (C=O) groups excluding carboxylic acids is 1. The number of rotatable bonds is 4. The van der Waals surface area contributed by atoms with Crippen molar-refractivity contribution in [1.82, 2.24) is 29.4 Å². The van der Waals surface area contributed by atoms with Crippen molar-refractivity contribution in [2.45, 2.75) is 38.6 Å². The van der Waals surface area contributed by atoms with Gasteiger partial charge in [-0.3, -0.25) is 4.79 Å². The van der Waals surface area contributed by atoms with Gasteiger partial charge in [-0.15, -0.1) is 5.10 Å². The van der Waals surface area contributed by atoms with Crippen LogP contribution in [0.25, 0.3) is 0 Å². The van der Waals surface area contributed by atoms with Gasteiger partial charge in [0.2, 0.25) is 0 Å². The predicted octanol–water partition coefficient (Wildman–Crippen LogP) is 1.44. The van der Waals surface area contributed by atoms with Crippen molar-refractivity contribution in [2.24, 2.45) is 7.05 Å². The van der Waals surface area contributed by atoms with E-state index in [9.17, 15) is 4.79 Å². The van der Waals surface area contributed by atoms with Crippen LogP contribution in [0.1, 0.15) is 48.5 Å². The average molecular weight is 302 g/mol. The van der Waals surface area contributed by atoms with Gasteiger partial charge in [0.15, 0.2) is 5.82 Å². The highest BCUT2D eigenvalue weighted by molar-refractivity contribution is 5.90. The zero-order valence-corrected chi connectivity index (χ0v) is 13.1. The van der Waals surface area contributed by atoms with Crippen LogP contribution in [0.4, 0.5) is 0 Å². The quantitative estimate of drug-likeness (QED) is 0.857. The van der Waals surface area contributed by atoms with Crippen LogP contribution in [0.2, 0.25) is 0 Å². The highest BCUT2D eigenvalue weighted by Crippen LogP contribution is 2.22. The Morgan fingerprint density at radius 3 is 2.77 bits per heavy atom. The molecule has 1 fully saturated rings. The number of carbonyl (C=O) groups is 1. The van der Waals surface area contributed by atoms with E-state index in [1.165, 1.54) is 0 Å². The molecule has 0 spiro atoms. The first-order chi connectivity index (χ1) is 10.7. The van der Waals surface area contributed by atoms with Crippen LogP contribution in [0.3, 0.4) is 0 Å². The summed E-state index contributed by atoms with van der Waals surface area (Å²) in [5.74, 6) is 0.514. The Hall–Kier alpha value is -2.18. The second-order valence-electron chi connectivity index (χ2n) is 5.83. The van der Waals surface area contributed by atoms with E-state index in [2.05, 4.69) is 22.2 Å². The van der Waals surface area contributed by atoms with Gasteiger partial charge in [0, 0.05) is 38.7 Å². The van der Waals surface area contributed by atoms with E-state index in [0.29, 0.717) is 11.9 Å². The molecule has 0 radical (unpaired) electrons. The summed E-state index contributed by atoms with van der Waals surface area (Å²) < 4.78 is 3.73. The number of amides is 1. The number of hydrogen-bond donors (Lipinski definition) is 0. The van der Waals surface area contributed by atoms with Gasteiger partial charge in [-0.25, -0.2) is 9.67 Å². The smallest absolute Gasteiger partial charge is 0.289 e. The van der Waals surface area contributed by atoms with Crippen LogP contribution >= 0.6 is 0 Å². The molecule has 22 heavy (non-hydrogen) atoms. The second-order valence-corrected chi connectivity index (χ2v) is 5.83. The maximum atomic E-state index is 12.4. The van der Waals surface area contributed by atoms with Gasteiger partial charge < -0.3 is 9.47 Å². The molecule has 7 heteroatoms. The third-order valence-electron chi connectivity index (χ3n) is 4.20. The lowest BCUT2D eigenvalue weighted by atomic mass is 10.1. The summed E-state index contributed by atoms with van der Waals surface area (Å²) in [5.41, 5.74) is 1.05. The number of hydrogen-bond acceptors (Lipinski definition) is 4. The standard InChI is InChI=1S/C15H22N6O/c1-3-4-12-11-21(18-17-12)13-5-8-20(9-6-13)15(22)14-16-7-10-19(14)2/h7,10-11,13H,3-6,8-9H2,1-2H3. The molecule has 1 aliphatic heterocycles. The van der Waals surface area contributed by atoms with Crippen LogP contribution < -0.4 is 0 Å². The molecule has 0 aliphatic carbocycles. The fourth-order valence-corrected chi connectivity index (χ4v) is 2.91. The van der Waals surface area contributed by atoms with Crippen LogP contribution in [-0.2, 0) is 13.5 Å². The van der Waals surface area contributed by atoms with E-state index in [-0.39, 0.29) is 5.91 Å². The largest absolute Gasteiger partial charge is 0.336 e. The van der Waals surface area contributed by atoms with Gasteiger partial charge in [-0.05, 0) is 19.3 Å². The Morgan fingerprint density at radius 2 is 2.14 bits per heavy atom. The highest BCUT2D eigenvalue weighted by atomic mass is 16.2. The lowest BCUT2D eigenvalue weighted by molar-refractivity contribution is 0.0673. The molecule has 118 valence electrons. The van der Waals surface area contributed by atoms with E-state index in [1.54, 1.807) is 17.0 Å². The molecule has 3 rings (SSSR count). The lowest BCUT2D eigenvalue weighted by Crippen LogP contribution is -2.40. The molecule has 0 N–H and O–H groups in total. The molecule has 2 aromatic rings. The van der Waals surface area contributed by atoms with E-state index in [1.807, 2.05) is 22.8 Å². The van der Waals surface area contributed by atoms with Crippen molar-refractivity contribution in [2.75, 3.05) is 13.1 Å². The minimum Gasteiger partial charge on any atom is -0.336 e. The molecule has 7 nitrogen and oxygen atoms in total. The SMILES string of the molecule is CCCc1cn(C2CCN(C(=O)c3nccn3C)CC2)nn1. The van der Waals surface area contributed by atoms with Gasteiger partial charge in [-0.2, -0.15) is 0 Å². The van der Waals surface area contributed by atoms with E-state index in [0.717, 1.165) is 44.5 Å². The topological polar surface area (TPSA) is 68.8 Å². The first kappa shape index (κ1) is 14.7. The van der Waals surface area contributed by atoms with Crippen LogP contribution in [0.5, 0.6) is 0 Å². The van der Waals surface area contributed by atoms with Gasteiger partial charge in [0.25, 0.3) is 5.91 Å². The molecular formula is C15H22N6O. The molecule has 2 aromatic heterocycles. The summed E-state index contributed by atoms with van der Waals surface area (Å²) in [6, 6.07) is 0.337. The Kier molecular flexibility index (Phi) is 4.22. The van der Waals surface area contributed by atoms with Gasteiger partial charge in [0.05, 0.1) is 11.7 Å². The van der Waals surface area contributed by atoms with Crippen molar-refractivity contribution < 1.29 is 4.79 Å². The molecule has 0 bridgehead atoms. The van der Waals surface area contributed by atoms with Crippen molar-refractivity contribution >= 4 is 5.91 Å². The summed E-state index contributed by atoms with van der Waals surface area (Å²) in [4.78, 5) is 18.4. The van der Waals surface area contributed by atoms with Gasteiger partial charge in [-0.1, -0.05) is 18.6 Å². The average Bonchev–Trinajstić information content (AvgIpc) is 3.16. The second kappa shape index (κ2) is 6.29. The fourth-order valence-electron chi connectivity index (χ4n) is 2.91. The minimum absolute atomic E-state index is 0.0104. The van der Waals surface area contributed by atoms with E-state index in [4.69, 9.17) is 0 Å². The molecule has 0 unspecified atom stereocenters. The number of piperidine rings is 1. The summed E-state index contributed by atoms with van der Waals surface area (Å²) in [6.45, 7) is 3.61. The Balaban J connectivity index is 1.60. The van der Waals surface area contributed by atoms with Gasteiger partial charge in [0.1, 0.15) is 0 Å². The predicted molar refractivity (Wildman–Crippen MR) is 81.4 cm³/mol. The lowest BCUT2D eigenvalue weighted by Gasteiger charge is -2.31.